The third-order valence-electron chi connectivity index (χ3n) is 3.44. The molecule has 6 nitrogen and oxygen atoms in total. The molecule has 1 aromatic carbocycles. The molecule has 0 saturated heterocycles. The molecule has 8 heteroatoms. The number of halogens is 1. The average molecular weight is 384 g/mol. The van der Waals surface area contributed by atoms with Crippen molar-refractivity contribution in [3.8, 4) is 0 Å². The van der Waals surface area contributed by atoms with Crippen molar-refractivity contribution in [2.75, 3.05) is 26.1 Å². The molecule has 2 amide bonds. The van der Waals surface area contributed by atoms with Crippen LogP contribution in [-0.4, -0.2) is 43.5 Å². The molecule has 0 saturated carbocycles. The summed E-state index contributed by atoms with van der Waals surface area (Å²) in [6.45, 7) is 0.525. The van der Waals surface area contributed by atoms with Crippen LogP contribution in [0, 0.1) is 0 Å². The first-order valence-electron chi connectivity index (χ1n) is 7.45. The Labute approximate surface area is 157 Å². The van der Waals surface area contributed by atoms with Gasteiger partial charge in [-0.1, -0.05) is 24.3 Å². The summed E-state index contributed by atoms with van der Waals surface area (Å²) in [4.78, 5) is 26.7. The summed E-state index contributed by atoms with van der Waals surface area (Å²) in [6, 6.07) is 10.2. The zero-order valence-electron chi connectivity index (χ0n) is 14.1. The molecule has 3 N–H and O–H groups in total. The van der Waals surface area contributed by atoms with Crippen LogP contribution in [0.15, 0.2) is 41.8 Å². The average Bonchev–Trinajstić information content (AvgIpc) is 3.10. The monoisotopic (exact) mass is 383 g/mol. The topological polar surface area (TPSA) is 84.7 Å². The van der Waals surface area contributed by atoms with Crippen molar-refractivity contribution in [3.63, 3.8) is 0 Å². The zero-order chi connectivity index (χ0) is 17.5. The number of amides is 2. The maximum Gasteiger partial charge on any atom is 0.263 e. The molecule has 1 atom stereocenters. The van der Waals surface area contributed by atoms with Crippen molar-refractivity contribution >= 4 is 41.2 Å². The van der Waals surface area contributed by atoms with Crippen molar-refractivity contribution in [3.05, 3.63) is 52.2 Å². The summed E-state index contributed by atoms with van der Waals surface area (Å²) in [6.07, 6.45) is 0. The molecule has 2 aromatic rings. The Morgan fingerprint density at radius 2 is 2.00 bits per heavy atom. The number of methoxy groups -OCH3 is 1. The number of carbonyl (C=O) groups excluding carboxylic acids is 2. The number of benzene rings is 1. The van der Waals surface area contributed by atoms with Crippen LogP contribution in [-0.2, 0) is 16.1 Å². The molecule has 0 fully saturated rings. The first kappa shape index (κ1) is 21.1. The second kappa shape index (κ2) is 10.1. The number of thiophene rings is 1. The van der Waals surface area contributed by atoms with Gasteiger partial charge in [-0.3, -0.25) is 9.59 Å². The normalized spacial score (nSPS) is 11.3. The fourth-order valence-corrected chi connectivity index (χ4v) is 2.89. The van der Waals surface area contributed by atoms with Gasteiger partial charge in [-0.05, 0) is 23.1 Å². The quantitative estimate of drug-likeness (QED) is 0.768. The summed E-state index contributed by atoms with van der Waals surface area (Å²) in [5.41, 5.74) is 7.21. The Morgan fingerprint density at radius 3 is 2.64 bits per heavy atom. The number of hydrogen-bond acceptors (Lipinski definition) is 5. The number of anilines is 1. The Kier molecular flexibility index (Phi) is 8.57. The largest absolute Gasteiger partial charge is 0.383 e. The summed E-state index contributed by atoms with van der Waals surface area (Å²) >= 11 is 1.40. The Balaban J connectivity index is 0.00000312. The van der Waals surface area contributed by atoms with E-state index in [1.54, 1.807) is 24.1 Å². The highest BCUT2D eigenvalue weighted by atomic mass is 35.5. The highest BCUT2D eigenvalue weighted by molar-refractivity contribution is 7.12. The van der Waals surface area contributed by atoms with Gasteiger partial charge in [0.1, 0.15) is 6.04 Å². The molecule has 0 radical (unpaired) electrons. The molecule has 0 aliphatic heterocycles. The van der Waals surface area contributed by atoms with Gasteiger partial charge in [-0.2, -0.15) is 0 Å². The number of rotatable bonds is 7. The lowest BCUT2D eigenvalue weighted by Crippen LogP contribution is -2.39. The summed E-state index contributed by atoms with van der Waals surface area (Å²) < 4.78 is 4.89. The van der Waals surface area contributed by atoms with Crippen LogP contribution in [0.5, 0.6) is 0 Å². The highest BCUT2D eigenvalue weighted by Gasteiger charge is 2.17. The molecule has 1 aromatic heterocycles. The van der Waals surface area contributed by atoms with Crippen LogP contribution < -0.4 is 11.1 Å². The molecular weight excluding hydrogens is 362 g/mol. The van der Waals surface area contributed by atoms with E-state index in [1.165, 1.54) is 18.4 Å². The third kappa shape index (κ3) is 5.82. The maximum atomic E-state index is 12.3. The number of nitrogens with two attached hydrogens (primary N) is 1. The predicted octanol–water partition coefficient (Wildman–Crippen LogP) is 2.35. The van der Waals surface area contributed by atoms with Gasteiger partial charge in [0.25, 0.3) is 5.91 Å². The van der Waals surface area contributed by atoms with E-state index in [2.05, 4.69) is 5.32 Å². The fourth-order valence-electron chi connectivity index (χ4n) is 2.18. The van der Waals surface area contributed by atoms with E-state index in [9.17, 15) is 9.59 Å². The smallest absolute Gasteiger partial charge is 0.263 e. The molecule has 0 aliphatic rings. The SMILES string of the molecule is COCC(N)C(=O)Nc1ccccc1CN(C)C(=O)c1cccs1.Cl. The Bertz CT molecular complexity index is 694. The fraction of sp³-hybridized carbons (Fsp3) is 0.294. The second-order valence-electron chi connectivity index (χ2n) is 5.35. The van der Waals surface area contributed by atoms with Gasteiger partial charge in [-0.25, -0.2) is 0 Å². The van der Waals surface area contributed by atoms with E-state index < -0.39 is 6.04 Å². The lowest BCUT2D eigenvalue weighted by Gasteiger charge is -2.19. The summed E-state index contributed by atoms with van der Waals surface area (Å²) in [5.74, 6) is -0.376. The van der Waals surface area contributed by atoms with Crippen molar-refractivity contribution in [1.29, 1.82) is 0 Å². The molecule has 0 aliphatic carbocycles. The maximum absolute atomic E-state index is 12.3. The van der Waals surface area contributed by atoms with Gasteiger partial charge in [0.05, 0.1) is 11.5 Å². The molecule has 0 bridgehead atoms. The van der Waals surface area contributed by atoms with Crippen molar-refractivity contribution in [2.45, 2.75) is 12.6 Å². The standard InChI is InChI=1S/C17H21N3O3S.ClH/c1-20(17(22)15-8-5-9-24-15)10-12-6-3-4-7-14(12)19-16(21)13(18)11-23-2;/h3-9,13H,10-11,18H2,1-2H3,(H,19,21);1H. The Morgan fingerprint density at radius 1 is 1.28 bits per heavy atom. The number of ether oxygens (including phenoxy) is 1. The minimum absolute atomic E-state index is 0. The molecule has 1 heterocycles. The van der Waals surface area contributed by atoms with E-state index >= 15 is 0 Å². The zero-order valence-corrected chi connectivity index (χ0v) is 15.7. The van der Waals surface area contributed by atoms with Crippen LogP contribution in [0.4, 0.5) is 5.69 Å². The van der Waals surface area contributed by atoms with Crippen LogP contribution in [0.3, 0.4) is 0 Å². The predicted molar refractivity (Wildman–Crippen MR) is 102 cm³/mol. The van der Waals surface area contributed by atoms with Crippen LogP contribution in [0.1, 0.15) is 15.2 Å². The molecule has 1 unspecified atom stereocenters. The van der Waals surface area contributed by atoms with Gasteiger partial charge >= 0.3 is 0 Å². The van der Waals surface area contributed by atoms with Crippen molar-refractivity contribution in [2.24, 2.45) is 5.73 Å². The minimum atomic E-state index is -0.742. The van der Waals surface area contributed by atoms with Crippen LogP contribution in [0.25, 0.3) is 0 Å². The first-order valence-corrected chi connectivity index (χ1v) is 8.33. The lowest BCUT2D eigenvalue weighted by molar-refractivity contribution is -0.118. The van der Waals surface area contributed by atoms with Gasteiger partial charge in [0.2, 0.25) is 5.91 Å². The van der Waals surface area contributed by atoms with E-state index in [0.717, 1.165) is 5.56 Å². The van der Waals surface area contributed by atoms with Gasteiger partial charge in [-0.15, -0.1) is 23.7 Å². The molecule has 0 spiro atoms. The Hall–Kier alpha value is -1.93. The number of hydrogen-bond donors (Lipinski definition) is 2. The number of carbonyl (C=O) groups is 2. The number of nitrogens with zero attached hydrogens (tertiary/aromatic N) is 1. The number of para-hydroxylation sites is 1. The van der Waals surface area contributed by atoms with Crippen LogP contribution in [0.2, 0.25) is 0 Å². The minimum Gasteiger partial charge on any atom is -0.383 e. The van der Waals surface area contributed by atoms with Gasteiger partial charge < -0.3 is 20.7 Å². The van der Waals surface area contributed by atoms with E-state index in [-0.39, 0.29) is 30.8 Å². The second-order valence-corrected chi connectivity index (χ2v) is 6.29. The van der Waals surface area contributed by atoms with Gasteiger partial charge in [0.15, 0.2) is 0 Å². The number of nitrogens with one attached hydrogen (secondary N) is 1. The molecule has 2 rings (SSSR count). The van der Waals surface area contributed by atoms with Crippen LogP contribution >= 0.6 is 23.7 Å². The van der Waals surface area contributed by atoms with E-state index in [4.69, 9.17) is 10.5 Å². The third-order valence-corrected chi connectivity index (χ3v) is 4.30. The van der Waals surface area contributed by atoms with Crippen molar-refractivity contribution < 1.29 is 14.3 Å². The van der Waals surface area contributed by atoms with E-state index in [0.29, 0.717) is 17.1 Å². The first-order chi connectivity index (χ1) is 11.5. The molecule has 136 valence electrons. The highest BCUT2D eigenvalue weighted by Crippen LogP contribution is 2.19. The van der Waals surface area contributed by atoms with Gasteiger partial charge in [0, 0.05) is 26.4 Å². The molecule has 25 heavy (non-hydrogen) atoms. The summed E-state index contributed by atoms with van der Waals surface area (Å²) in [5, 5.41) is 4.66. The lowest BCUT2D eigenvalue weighted by atomic mass is 10.1. The summed E-state index contributed by atoms with van der Waals surface area (Å²) in [7, 11) is 3.23. The molecular formula is C17H22ClN3O3S. The van der Waals surface area contributed by atoms with Crippen molar-refractivity contribution in [1.82, 2.24) is 4.90 Å². The van der Waals surface area contributed by atoms with E-state index in [1.807, 2.05) is 29.6 Å².